The summed E-state index contributed by atoms with van der Waals surface area (Å²) in [6.45, 7) is 4.09. The molecule has 0 aliphatic heterocycles. The van der Waals surface area contributed by atoms with Crippen molar-refractivity contribution in [2.24, 2.45) is 11.7 Å². The highest BCUT2D eigenvalue weighted by atomic mass is 35.5. The highest BCUT2D eigenvalue weighted by Gasteiger charge is 2.29. The summed E-state index contributed by atoms with van der Waals surface area (Å²) in [4.78, 5) is 12.1. The average Bonchev–Trinajstić information content (AvgIpc) is 2.82. The zero-order chi connectivity index (χ0) is 16.3. The molecule has 0 heterocycles. The predicted molar refractivity (Wildman–Crippen MR) is 87.4 cm³/mol. The molecular weight excluding hydrogens is 303 g/mol. The molecule has 2 rings (SSSR count). The molecule has 1 aromatic carbocycles. The number of carbonyl (C=O) groups is 1. The maximum Gasteiger partial charge on any atom is 0.220 e. The lowest BCUT2D eigenvalue weighted by atomic mass is 9.84. The van der Waals surface area contributed by atoms with Gasteiger partial charge in [0.05, 0.1) is 0 Å². The lowest BCUT2D eigenvalue weighted by Gasteiger charge is -2.27. The number of rotatable bonds is 5. The first-order chi connectivity index (χ1) is 10.3. The standard InChI is InChI=1S/C17H24ClFN2O/c1-17(2,16-12(18)6-4-7-13(16)19)10-21-15(22)9-11-5-3-8-14(11)20/h4,6-7,11,14H,3,5,8-10,20H2,1-2H3,(H,21,22)/t11-,14+/m0/s1. The molecule has 2 atom stereocenters. The van der Waals surface area contributed by atoms with Crippen LogP contribution in [0.1, 0.15) is 45.1 Å². The first-order valence-electron chi connectivity index (χ1n) is 7.78. The maximum absolute atomic E-state index is 14.0. The Hall–Kier alpha value is -1.13. The monoisotopic (exact) mass is 326 g/mol. The summed E-state index contributed by atoms with van der Waals surface area (Å²) >= 11 is 6.12. The first-order valence-corrected chi connectivity index (χ1v) is 8.16. The lowest BCUT2D eigenvalue weighted by Crippen LogP contribution is -2.39. The number of carbonyl (C=O) groups excluding carboxylic acids is 1. The molecule has 1 saturated carbocycles. The van der Waals surface area contributed by atoms with E-state index in [1.54, 1.807) is 12.1 Å². The Morgan fingerprint density at radius 3 is 2.77 bits per heavy atom. The third-order valence-electron chi connectivity index (χ3n) is 4.53. The van der Waals surface area contributed by atoms with E-state index in [9.17, 15) is 9.18 Å². The fourth-order valence-electron chi connectivity index (χ4n) is 3.18. The van der Waals surface area contributed by atoms with Crippen molar-refractivity contribution in [2.45, 2.75) is 51.0 Å². The van der Waals surface area contributed by atoms with Crippen LogP contribution in [-0.4, -0.2) is 18.5 Å². The quantitative estimate of drug-likeness (QED) is 0.871. The number of amides is 1. The van der Waals surface area contributed by atoms with Gasteiger partial charge in [-0.3, -0.25) is 4.79 Å². The van der Waals surface area contributed by atoms with Gasteiger partial charge in [0.1, 0.15) is 5.82 Å². The smallest absolute Gasteiger partial charge is 0.220 e. The molecule has 1 aromatic rings. The van der Waals surface area contributed by atoms with Crippen molar-refractivity contribution in [2.75, 3.05) is 6.54 Å². The second-order valence-electron chi connectivity index (χ2n) is 6.82. The SMILES string of the molecule is CC(C)(CNC(=O)C[C@@H]1CCC[C@H]1N)c1c(F)cccc1Cl. The fraction of sp³-hybridized carbons (Fsp3) is 0.588. The molecule has 0 spiro atoms. The minimum absolute atomic E-state index is 0.0251. The Morgan fingerprint density at radius 1 is 1.45 bits per heavy atom. The molecule has 5 heteroatoms. The predicted octanol–water partition coefficient (Wildman–Crippen LogP) is 3.39. The van der Waals surface area contributed by atoms with Crippen LogP contribution in [0.4, 0.5) is 4.39 Å². The van der Waals surface area contributed by atoms with E-state index >= 15 is 0 Å². The van der Waals surface area contributed by atoms with Crippen molar-refractivity contribution >= 4 is 17.5 Å². The van der Waals surface area contributed by atoms with Crippen molar-refractivity contribution in [3.63, 3.8) is 0 Å². The summed E-state index contributed by atoms with van der Waals surface area (Å²) in [6.07, 6.45) is 3.54. The van der Waals surface area contributed by atoms with Crippen LogP contribution in [0.15, 0.2) is 18.2 Å². The molecular formula is C17H24ClFN2O. The molecule has 0 radical (unpaired) electrons. The lowest BCUT2D eigenvalue weighted by molar-refractivity contribution is -0.122. The van der Waals surface area contributed by atoms with Gasteiger partial charge in [-0.1, -0.05) is 37.9 Å². The highest BCUT2D eigenvalue weighted by Crippen LogP contribution is 2.32. The van der Waals surface area contributed by atoms with Gasteiger partial charge in [-0.25, -0.2) is 4.39 Å². The van der Waals surface area contributed by atoms with Crippen LogP contribution < -0.4 is 11.1 Å². The largest absolute Gasteiger partial charge is 0.355 e. The molecule has 1 fully saturated rings. The number of hydrogen-bond donors (Lipinski definition) is 2. The van der Waals surface area contributed by atoms with E-state index in [1.165, 1.54) is 6.07 Å². The third-order valence-corrected chi connectivity index (χ3v) is 4.85. The number of hydrogen-bond acceptors (Lipinski definition) is 2. The van der Waals surface area contributed by atoms with Crippen molar-refractivity contribution in [1.29, 1.82) is 0 Å². The number of benzene rings is 1. The van der Waals surface area contributed by atoms with E-state index in [0.29, 0.717) is 23.6 Å². The number of nitrogens with one attached hydrogen (secondary N) is 1. The van der Waals surface area contributed by atoms with Gasteiger partial charge in [-0.15, -0.1) is 0 Å². The Labute approximate surface area is 136 Å². The van der Waals surface area contributed by atoms with Crippen LogP contribution in [0.5, 0.6) is 0 Å². The zero-order valence-corrected chi connectivity index (χ0v) is 13.9. The molecule has 122 valence electrons. The average molecular weight is 327 g/mol. The molecule has 1 amide bonds. The molecule has 3 nitrogen and oxygen atoms in total. The van der Waals surface area contributed by atoms with Gasteiger partial charge in [0, 0.05) is 35.0 Å². The summed E-state index contributed by atoms with van der Waals surface area (Å²) in [5.74, 6) is -0.104. The van der Waals surface area contributed by atoms with Crippen molar-refractivity contribution in [3.8, 4) is 0 Å². The van der Waals surface area contributed by atoms with E-state index in [0.717, 1.165) is 19.3 Å². The van der Waals surface area contributed by atoms with Gasteiger partial charge < -0.3 is 11.1 Å². The molecule has 0 unspecified atom stereocenters. The van der Waals surface area contributed by atoms with E-state index in [2.05, 4.69) is 5.32 Å². The van der Waals surface area contributed by atoms with Crippen molar-refractivity contribution in [3.05, 3.63) is 34.6 Å². The maximum atomic E-state index is 14.0. The number of halogens is 2. The van der Waals surface area contributed by atoms with Crippen molar-refractivity contribution in [1.82, 2.24) is 5.32 Å². The van der Waals surface area contributed by atoms with Crippen LogP contribution in [0, 0.1) is 11.7 Å². The van der Waals surface area contributed by atoms with Crippen LogP contribution >= 0.6 is 11.6 Å². The minimum atomic E-state index is -0.574. The molecule has 3 N–H and O–H groups in total. The summed E-state index contributed by atoms with van der Waals surface area (Å²) in [6, 6.07) is 4.76. The fourth-order valence-corrected chi connectivity index (χ4v) is 3.60. The third kappa shape index (κ3) is 3.99. The van der Waals surface area contributed by atoms with E-state index < -0.39 is 5.41 Å². The first kappa shape index (κ1) is 17.2. The Kier molecular flexibility index (Phi) is 5.45. The second kappa shape index (κ2) is 6.97. The summed E-state index contributed by atoms with van der Waals surface area (Å²) in [5.41, 5.74) is 5.86. The zero-order valence-electron chi connectivity index (χ0n) is 13.2. The topological polar surface area (TPSA) is 55.1 Å². The van der Waals surface area contributed by atoms with Crippen LogP contribution in [0.25, 0.3) is 0 Å². The molecule has 1 aliphatic rings. The molecule has 22 heavy (non-hydrogen) atoms. The van der Waals surface area contributed by atoms with E-state index in [4.69, 9.17) is 17.3 Å². The molecule has 0 saturated heterocycles. The van der Waals surface area contributed by atoms with E-state index in [1.807, 2.05) is 13.8 Å². The van der Waals surface area contributed by atoms with Crippen LogP contribution in [0.3, 0.4) is 0 Å². The van der Waals surface area contributed by atoms with Crippen molar-refractivity contribution < 1.29 is 9.18 Å². The van der Waals surface area contributed by atoms with Gasteiger partial charge in [0.25, 0.3) is 0 Å². The Bertz CT molecular complexity index is 527. The van der Waals surface area contributed by atoms with Crippen LogP contribution in [-0.2, 0) is 10.2 Å². The normalized spacial score (nSPS) is 21.9. The number of nitrogens with two attached hydrogens (primary N) is 1. The van der Waals surface area contributed by atoms with Gasteiger partial charge in [0.15, 0.2) is 0 Å². The Balaban J connectivity index is 1.96. The minimum Gasteiger partial charge on any atom is -0.355 e. The summed E-state index contributed by atoms with van der Waals surface area (Å²) < 4.78 is 14.0. The van der Waals surface area contributed by atoms with Gasteiger partial charge in [-0.05, 0) is 30.9 Å². The van der Waals surface area contributed by atoms with Crippen LogP contribution in [0.2, 0.25) is 5.02 Å². The molecule has 0 aromatic heterocycles. The summed E-state index contributed by atoms with van der Waals surface area (Å²) in [7, 11) is 0. The Morgan fingerprint density at radius 2 is 2.18 bits per heavy atom. The van der Waals surface area contributed by atoms with Gasteiger partial charge in [0.2, 0.25) is 5.91 Å². The second-order valence-corrected chi connectivity index (χ2v) is 7.22. The highest BCUT2D eigenvalue weighted by molar-refractivity contribution is 6.31. The summed E-state index contributed by atoms with van der Waals surface area (Å²) in [5, 5.41) is 3.29. The van der Waals surface area contributed by atoms with E-state index in [-0.39, 0.29) is 23.7 Å². The molecule has 1 aliphatic carbocycles. The molecule has 0 bridgehead atoms. The van der Waals surface area contributed by atoms with Gasteiger partial charge in [-0.2, -0.15) is 0 Å². The van der Waals surface area contributed by atoms with Gasteiger partial charge >= 0.3 is 0 Å².